The topological polar surface area (TPSA) is 64.9 Å². The fourth-order valence-corrected chi connectivity index (χ4v) is 4.52. The molecule has 2 heterocycles. The number of nitrogens with one attached hydrogen (secondary N) is 2. The van der Waals surface area contributed by atoms with Crippen molar-refractivity contribution in [1.82, 2.24) is 25.0 Å². The Balaban J connectivity index is 1.35. The van der Waals surface area contributed by atoms with Gasteiger partial charge in [0.25, 0.3) is 0 Å². The van der Waals surface area contributed by atoms with Crippen LogP contribution in [-0.4, -0.2) is 72.5 Å². The van der Waals surface area contributed by atoms with Crippen molar-refractivity contribution in [2.24, 2.45) is 18.0 Å². The fourth-order valence-electron chi connectivity index (χ4n) is 4.11. The summed E-state index contributed by atoms with van der Waals surface area (Å²) >= 11 is 12.2. The highest BCUT2D eigenvalue weighted by Crippen LogP contribution is 2.27. The average Bonchev–Trinajstić information content (AvgIpc) is 3.36. The number of nitrogens with zero attached hydrogens (tertiary/aromatic N) is 4. The summed E-state index contributed by atoms with van der Waals surface area (Å²) in [5.41, 5.74) is 0.992. The van der Waals surface area contributed by atoms with E-state index in [0.717, 1.165) is 63.8 Å². The van der Waals surface area contributed by atoms with Crippen LogP contribution < -0.4 is 10.6 Å². The minimum atomic E-state index is 0.284. The van der Waals surface area contributed by atoms with Crippen molar-refractivity contribution in [2.75, 3.05) is 46.3 Å². The molecular weight excluding hydrogens is 411 g/mol. The summed E-state index contributed by atoms with van der Waals surface area (Å²) in [5.74, 6) is 1.41. The second-order valence-corrected chi connectivity index (χ2v) is 8.60. The molecule has 1 saturated heterocycles. The Morgan fingerprint density at radius 1 is 1.17 bits per heavy atom. The molecule has 1 aliphatic carbocycles. The van der Waals surface area contributed by atoms with E-state index in [4.69, 9.17) is 23.2 Å². The molecule has 1 amide bonds. The number of rotatable bonds is 6. The Hall–Kier alpha value is -1.44. The third-order valence-corrected chi connectivity index (χ3v) is 6.83. The number of hydrogen-bond acceptors (Lipinski definition) is 3. The molecule has 3 rings (SSSR count). The van der Waals surface area contributed by atoms with Crippen LogP contribution in [0.1, 0.15) is 31.4 Å². The molecule has 0 atom stereocenters. The molecule has 1 saturated carbocycles. The smallest absolute Gasteiger partial charge is 0.225 e. The lowest BCUT2D eigenvalue weighted by atomic mass is 10.1. The predicted molar refractivity (Wildman–Crippen MR) is 119 cm³/mol. The summed E-state index contributed by atoms with van der Waals surface area (Å²) in [5, 5.41) is 7.73. The van der Waals surface area contributed by atoms with Gasteiger partial charge in [-0.3, -0.25) is 14.7 Å². The number of hydrogen-bond donors (Lipinski definition) is 2. The molecule has 0 spiro atoms. The number of piperazine rings is 1. The van der Waals surface area contributed by atoms with Gasteiger partial charge >= 0.3 is 0 Å². The van der Waals surface area contributed by atoms with Gasteiger partial charge < -0.3 is 20.1 Å². The zero-order valence-corrected chi connectivity index (χ0v) is 18.9. The van der Waals surface area contributed by atoms with Crippen molar-refractivity contribution in [1.29, 1.82) is 0 Å². The fraction of sp³-hybridized carbons (Fsp3) is 0.700. The van der Waals surface area contributed by atoms with Crippen molar-refractivity contribution in [3.05, 3.63) is 21.9 Å². The standard InChI is InChI=1S/C20H32Cl2N6O/c1-23-20(25-14-16-13-17(21)18(22)26(16)2)24-7-8-27-9-11-28(12-10-27)19(29)15-5-3-4-6-15/h13,15H,3-12,14H2,1-2H3,(H2,23,24,25). The van der Waals surface area contributed by atoms with E-state index >= 15 is 0 Å². The molecule has 0 bridgehead atoms. The molecule has 29 heavy (non-hydrogen) atoms. The average molecular weight is 443 g/mol. The molecule has 1 aliphatic heterocycles. The molecule has 0 aromatic carbocycles. The first-order valence-electron chi connectivity index (χ1n) is 10.4. The molecular formula is C20H32Cl2N6O. The van der Waals surface area contributed by atoms with Gasteiger partial charge in [0.2, 0.25) is 5.91 Å². The second-order valence-electron chi connectivity index (χ2n) is 7.83. The maximum atomic E-state index is 12.5. The first kappa shape index (κ1) is 22.2. The van der Waals surface area contributed by atoms with Crippen LogP contribution in [0.5, 0.6) is 0 Å². The first-order chi connectivity index (χ1) is 14.0. The summed E-state index contributed by atoms with van der Waals surface area (Å²) < 4.78 is 1.86. The van der Waals surface area contributed by atoms with Gasteiger partial charge in [0.05, 0.1) is 11.6 Å². The van der Waals surface area contributed by atoms with Crippen molar-refractivity contribution >= 4 is 35.1 Å². The van der Waals surface area contributed by atoms with Gasteiger partial charge in [-0.15, -0.1) is 0 Å². The van der Waals surface area contributed by atoms with E-state index in [1.807, 2.05) is 17.7 Å². The number of guanidine groups is 1. The van der Waals surface area contributed by atoms with Gasteiger partial charge in [0, 0.05) is 65.0 Å². The molecule has 7 nitrogen and oxygen atoms in total. The van der Waals surface area contributed by atoms with E-state index < -0.39 is 0 Å². The summed E-state index contributed by atoms with van der Waals surface area (Å²) in [6, 6.07) is 1.86. The summed E-state index contributed by atoms with van der Waals surface area (Å²) in [7, 11) is 3.65. The zero-order chi connectivity index (χ0) is 20.8. The Labute approximate surface area is 183 Å². The molecule has 1 aromatic heterocycles. The molecule has 2 N–H and O–H groups in total. The summed E-state index contributed by atoms with van der Waals surface area (Å²) in [6.07, 6.45) is 4.58. The zero-order valence-electron chi connectivity index (χ0n) is 17.4. The number of halogens is 2. The van der Waals surface area contributed by atoms with Crippen molar-refractivity contribution < 1.29 is 4.79 Å². The van der Waals surface area contributed by atoms with Crippen LogP contribution in [0.2, 0.25) is 10.2 Å². The predicted octanol–water partition coefficient (Wildman–Crippen LogP) is 2.33. The number of aliphatic imine (C=N–C) groups is 1. The Morgan fingerprint density at radius 2 is 1.86 bits per heavy atom. The second kappa shape index (κ2) is 10.5. The minimum absolute atomic E-state index is 0.284. The number of aromatic nitrogens is 1. The highest BCUT2D eigenvalue weighted by atomic mass is 35.5. The lowest BCUT2D eigenvalue weighted by Crippen LogP contribution is -2.51. The lowest BCUT2D eigenvalue weighted by molar-refractivity contribution is -0.137. The molecule has 2 aliphatic rings. The molecule has 1 aromatic rings. The third-order valence-electron chi connectivity index (χ3n) is 5.99. The van der Waals surface area contributed by atoms with Crippen LogP contribution in [0.4, 0.5) is 0 Å². The maximum absolute atomic E-state index is 12.5. The van der Waals surface area contributed by atoms with Crippen LogP contribution in [0.3, 0.4) is 0 Å². The molecule has 162 valence electrons. The minimum Gasteiger partial charge on any atom is -0.355 e. The highest BCUT2D eigenvalue weighted by Gasteiger charge is 2.29. The van der Waals surface area contributed by atoms with E-state index in [2.05, 4.69) is 25.4 Å². The highest BCUT2D eigenvalue weighted by molar-refractivity contribution is 6.41. The normalized spacial score (nSPS) is 19.0. The Morgan fingerprint density at radius 3 is 2.45 bits per heavy atom. The molecule has 9 heteroatoms. The quantitative estimate of drug-likeness (QED) is 0.523. The maximum Gasteiger partial charge on any atom is 0.225 e. The van der Waals surface area contributed by atoms with Crippen LogP contribution in [-0.2, 0) is 18.4 Å². The van der Waals surface area contributed by atoms with Crippen molar-refractivity contribution in [3.63, 3.8) is 0 Å². The number of carbonyl (C=O) groups excluding carboxylic acids is 1. The van der Waals surface area contributed by atoms with Gasteiger partial charge in [-0.25, -0.2) is 0 Å². The van der Waals surface area contributed by atoms with E-state index in [-0.39, 0.29) is 5.92 Å². The van der Waals surface area contributed by atoms with Gasteiger partial charge in [-0.05, 0) is 18.9 Å². The van der Waals surface area contributed by atoms with E-state index in [9.17, 15) is 4.79 Å². The Kier molecular flexibility index (Phi) is 8.09. The molecule has 0 unspecified atom stereocenters. The van der Waals surface area contributed by atoms with Crippen molar-refractivity contribution in [3.8, 4) is 0 Å². The SMILES string of the molecule is CN=C(NCCN1CCN(C(=O)C2CCCC2)CC1)NCc1cc(Cl)c(Cl)n1C. The van der Waals surface area contributed by atoms with Gasteiger partial charge in [0.15, 0.2) is 5.96 Å². The summed E-state index contributed by atoms with van der Waals surface area (Å²) in [4.78, 5) is 21.3. The van der Waals surface area contributed by atoms with Crippen LogP contribution in [0.25, 0.3) is 0 Å². The monoisotopic (exact) mass is 442 g/mol. The van der Waals surface area contributed by atoms with Crippen LogP contribution in [0.15, 0.2) is 11.1 Å². The van der Waals surface area contributed by atoms with Crippen molar-refractivity contribution in [2.45, 2.75) is 32.2 Å². The largest absolute Gasteiger partial charge is 0.355 e. The number of amides is 1. The van der Waals surface area contributed by atoms with Gasteiger partial charge in [-0.2, -0.15) is 0 Å². The van der Waals surface area contributed by atoms with Crippen LogP contribution >= 0.6 is 23.2 Å². The molecule has 0 radical (unpaired) electrons. The molecule has 2 fully saturated rings. The third kappa shape index (κ3) is 5.80. The Bertz CT molecular complexity index is 721. The van der Waals surface area contributed by atoms with E-state index in [1.54, 1.807) is 7.05 Å². The van der Waals surface area contributed by atoms with Gasteiger partial charge in [0.1, 0.15) is 5.15 Å². The van der Waals surface area contributed by atoms with Crippen LogP contribution in [0, 0.1) is 5.92 Å². The summed E-state index contributed by atoms with van der Waals surface area (Å²) in [6.45, 7) is 5.87. The number of carbonyl (C=O) groups is 1. The van der Waals surface area contributed by atoms with E-state index in [1.165, 1.54) is 12.8 Å². The lowest BCUT2D eigenvalue weighted by Gasteiger charge is -2.36. The van der Waals surface area contributed by atoms with E-state index in [0.29, 0.717) is 22.6 Å². The first-order valence-corrected chi connectivity index (χ1v) is 11.2. The van der Waals surface area contributed by atoms with Gasteiger partial charge in [-0.1, -0.05) is 36.0 Å².